The molecule has 5 nitrogen and oxygen atoms in total. The van der Waals surface area contributed by atoms with Gasteiger partial charge in [-0.3, -0.25) is 0 Å². The second-order valence-electron chi connectivity index (χ2n) is 2.65. The molecule has 0 aromatic heterocycles. The lowest BCUT2D eigenvalue weighted by molar-refractivity contribution is 0.582. The standard InChI is InChI=1S/C5H13NO4S2/c1-11(7,8)5-3-4-6-12(2,9)10/h6H,3-5H2,1-2H3. The van der Waals surface area contributed by atoms with Gasteiger partial charge in [0, 0.05) is 12.8 Å². The van der Waals surface area contributed by atoms with Crippen LogP contribution >= 0.6 is 0 Å². The van der Waals surface area contributed by atoms with E-state index >= 15 is 0 Å². The minimum Gasteiger partial charge on any atom is -0.229 e. The van der Waals surface area contributed by atoms with Gasteiger partial charge < -0.3 is 0 Å². The van der Waals surface area contributed by atoms with Crippen molar-refractivity contribution in [1.82, 2.24) is 4.72 Å². The Balaban J connectivity index is 3.62. The summed E-state index contributed by atoms with van der Waals surface area (Å²) in [4.78, 5) is 0. The van der Waals surface area contributed by atoms with E-state index in [0.29, 0.717) is 6.42 Å². The third-order valence-electron chi connectivity index (χ3n) is 1.06. The molecule has 0 aliphatic heterocycles. The van der Waals surface area contributed by atoms with Gasteiger partial charge in [0.05, 0.1) is 12.0 Å². The smallest absolute Gasteiger partial charge is 0.208 e. The van der Waals surface area contributed by atoms with Gasteiger partial charge in [-0.1, -0.05) is 0 Å². The summed E-state index contributed by atoms with van der Waals surface area (Å²) in [5, 5.41) is 0. The zero-order valence-electron chi connectivity index (χ0n) is 7.07. The van der Waals surface area contributed by atoms with Crippen molar-refractivity contribution < 1.29 is 16.8 Å². The summed E-state index contributed by atoms with van der Waals surface area (Å²) in [6.45, 7) is 0.173. The molecule has 0 atom stereocenters. The number of hydrogen-bond donors (Lipinski definition) is 1. The van der Waals surface area contributed by atoms with Gasteiger partial charge in [-0.2, -0.15) is 0 Å². The van der Waals surface area contributed by atoms with Crippen molar-refractivity contribution in [3.8, 4) is 0 Å². The van der Waals surface area contributed by atoms with Crippen LogP contribution in [0.1, 0.15) is 6.42 Å². The summed E-state index contributed by atoms with van der Waals surface area (Å²) in [6, 6.07) is 0. The van der Waals surface area contributed by atoms with Crippen LogP contribution in [0.2, 0.25) is 0 Å². The Labute approximate surface area is 73.1 Å². The molecule has 0 spiro atoms. The molecule has 0 fully saturated rings. The molecule has 0 radical (unpaired) electrons. The van der Waals surface area contributed by atoms with Gasteiger partial charge in [0.25, 0.3) is 0 Å². The van der Waals surface area contributed by atoms with E-state index in [1.54, 1.807) is 0 Å². The highest BCUT2D eigenvalue weighted by atomic mass is 32.2. The Hall–Kier alpha value is -0.140. The molecule has 0 bridgehead atoms. The monoisotopic (exact) mass is 215 g/mol. The Kier molecular flexibility index (Phi) is 4.15. The summed E-state index contributed by atoms with van der Waals surface area (Å²) in [6.07, 6.45) is 2.47. The second kappa shape index (κ2) is 4.20. The average Bonchev–Trinajstić information content (AvgIpc) is 1.76. The normalized spacial score (nSPS) is 13.2. The summed E-state index contributed by atoms with van der Waals surface area (Å²) in [7, 11) is -6.16. The predicted molar refractivity (Wildman–Crippen MR) is 47.2 cm³/mol. The quantitative estimate of drug-likeness (QED) is 0.595. The van der Waals surface area contributed by atoms with Crippen LogP contribution in [0.5, 0.6) is 0 Å². The van der Waals surface area contributed by atoms with Crippen molar-refractivity contribution in [2.24, 2.45) is 0 Å². The fourth-order valence-electron chi connectivity index (χ4n) is 0.592. The van der Waals surface area contributed by atoms with Gasteiger partial charge in [0.15, 0.2) is 0 Å². The van der Waals surface area contributed by atoms with Crippen LogP contribution in [0.4, 0.5) is 0 Å². The predicted octanol–water partition coefficient (Wildman–Crippen LogP) is -1.03. The molecule has 0 unspecified atom stereocenters. The van der Waals surface area contributed by atoms with Crippen molar-refractivity contribution in [3.05, 3.63) is 0 Å². The van der Waals surface area contributed by atoms with Crippen LogP contribution in [0.15, 0.2) is 0 Å². The average molecular weight is 215 g/mol. The highest BCUT2D eigenvalue weighted by Crippen LogP contribution is 1.87. The molecular formula is C5H13NO4S2. The molecule has 0 aliphatic rings. The highest BCUT2D eigenvalue weighted by Gasteiger charge is 2.03. The number of nitrogens with one attached hydrogen (secondary N) is 1. The minimum atomic E-state index is -3.19. The number of sulfonamides is 1. The van der Waals surface area contributed by atoms with Crippen molar-refractivity contribution in [3.63, 3.8) is 0 Å². The molecule has 0 heterocycles. The first-order valence-electron chi connectivity index (χ1n) is 3.33. The molecule has 0 aromatic carbocycles. The van der Waals surface area contributed by atoms with Gasteiger partial charge in [0.1, 0.15) is 9.84 Å². The highest BCUT2D eigenvalue weighted by molar-refractivity contribution is 7.90. The van der Waals surface area contributed by atoms with Gasteiger partial charge in [-0.15, -0.1) is 0 Å². The van der Waals surface area contributed by atoms with E-state index in [1.807, 2.05) is 0 Å². The summed E-state index contributed by atoms with van der Waals surface area (Å²) < 4.78 is 44.3. The SMILES string of the molecule is CS(=O)(=O)CCCNS(C)(=O)=O. The van der Waals surface area contributed by atoms with E-state index < -0.39 is 19.9 Å². The molecule has 0 aliphatic carbocycles. The molecule has 7 heteroatoms. The number of sulfone groups is 1. The van der Waals surface area contributed by atoms with Crippen molar-refractivity contribution >= 4 is 19.9 Å². The first-order valence-corrected chi connectivity index (χ1v) is 7.28. The molecule has 12 heavy (non-hydrogen) atoms. The zero-order chi connectivity index (χ0) is 9.83. The first kappa shape index (κ1) is 11.9. The summed E-state index contributed by atoms with van der Waals surface area (Å²) in [5.74, 6) is 0.00944. The fraction of sp³-hybridized carbons (Fsp3) is 1.00. The molecule has 0 amide bonds. The van der Waals surface area contributed by atoms with Gasteiger partial charge in [-0.25, -0.2) is 21.6 Å². The van der Waals surface area contributed by atoms with Crippen LogP contribution in [-0.2, 0) is 19.9 Å². The fourth-order valence-corrected chi connectivity index (χ4v) is 1.78. The minimum absolute atomic E-state index is 0.00944. The first-order chi connectivity index (χ1) is 5.21. The summed E-state index contributed by atoms with van der Waals surface area (Å²) in [5.41, 5.74) is 0. The van der Waals surface area contributed by atoms with Crippen LogP contribution in [-0.4, -0.2) is 41.6 Å². The molecule has 1 N–H and O–H groups in total. The van der Waals surface area contributed by atoms with E-state index in [-0.39, 0.29) is 12.3 Å². The van der Waals surface area contributed by atoms with Crippen LogP contribution < -0.4 is 4.72 Å². The lowest BCUT2D eigenvalue weighted by Crippen LogP contribution is -2.24. The second-order valence-corrected chi connectivity index (χ2v) is 6.74. The Morgan fingerprint density at radius 2 is 1.58 bits per heavy atom. The maximum absolute atomic E-state index is 10.6. The van der Waals surface area contributed by atoms with Gasteiger partial charge >= 0.3 is 0 Å². The zero-order valence-corrected chi connectivity index (χ0v) is 8.70. The van der Waals surface area contributed by atoms with E-state index in [0.717, 1.165) is 12.5 Å². The van der Waals surface area contributed by atoms with Crippen LogP contribution in [0.3, 0.4) is 0 Å². The van der Waals surface area contributed by atoms with Crippen LogP contribution in [0.25, 0.3) is 0 Å². The maximum atomic E-state index is 10.6. The van der Waals surface area contributed by atoms with E-state index in [1.165, 1.54) is 0 Å². The molecule has 0 aromatic rings. The Morgan fingerprint density at radius 3 is 1.92 bits per heavy atom. The third kappa shape index (κ3) is 9.86. The molecular weight excluding hydrogens is 202 g/mol. The largest absolute Gasteiger partial charge is 0.229 e. The summed E-state index contributed by atoms with van der Waals surface area (Å²) >= 11 is 0. The number of hydrogen-bond acceptors (Lipinski definition) is 4. The number of rotatable bonds is 5. The topological polar surface area (TPSA) is 80.3 Å². The third-order valence-corrected chi connectivity index (χ3v) is 2.81. The van der Waals surface area contributed by atoms with E-state index in [4.69, 9.17) is 0 Å². The molecule has 0 saturated carbocycles. The Bertz CT molecular complexity index is 281. The molecule has 0 saturated heterocycles. The van der Waals surface area contributed by atoms with E-state index in [2.05, 4.69) is 4.72 Å². The lowest BCUT2D eigenvalue weighted by atomic mass is 10.5. The lowest BCUT2D eigenvalue weighted by Gasteiger charge is -2.00. The molecule has 74 valence electrons. The van der Waals surface area contributed by atoms with Gasteiger partial charge in [0.2, 0.25) is 10.0 Å². The van der Waals surface area contributed by atoms with Crippen molar-refractivity contribution in [2.75, 3.05) is 24.8 Å². The van der Waals surface area contributed by atoms with Crippen molar-refractivity contribution in [1.29, 1.82) is 0 Å². The van der Waals surface area contributed by atoms with Crippen molar-refractivity contribution in [2.45, 2.75) is 6.42 Å². The maximum Gasteiger partial charge on any atom is 0.208 e. The van der Waals surface area contributed by atoms with Crippen LogP contribution in [0, 0.1) is 0 Å². The Morgan fingerprint density at radius 1 is 1.08 bits per heavy atom. The van der Waals surface area contributed by atoms with E-state index in [9.17, 15) is 16.8 Å². The van der Waals surface area contributed by atoms with Gasteiger partial charge in [-0.05, 0) is 6.42 Å². The molecule has 0 rings (SSSR count).